The first-order valence-corrected chi connectivity index (χ1v) is 11.4. The van der Waals surface area contributed by atoms with Gasteiger partial charge in [0.05, 0.1) is 22.6 Å². The van der Waals surface area contributed by atoms with E-state index in [1.807, 2.05) is 12.1 Å². The molecule has 2 aliphatic heterocycles. The third-order valence-corrected chi connectivity index (χ3v) is 6.62. The fraction of sp³-hybridized carbons (Fsp3) is 0.375. The summed E-state index contributed by atoms with van der Waals surface area (Å²) in [5.74, 6) is 1.47. The summed E-state index contributed by atoms with van der Waals surface area (Å²) in [5.41, 5.74) is 1.69. The largest absolute Gasteiger partial charge is 0.487 e. The summed E-state index contributed by atoms with van der Waals surface area (Å²) in [4.78, 5) is 23.9. The highest BCUT2D eigenvalue weighted by molar-refractivity contribution is 6.30. The Morgan fingerprint density at radius 2 is 2.06 bits per heavy atom. The number of rotatable bonds is 5. The molecule has 7 nitrogen and oxygen atoms in total. The van der Waals surface area contributed by atoms with Crippen LogP contribution in [-0.2, 0) is 6.61 Å². The molecular formula is C24H26ClN5O2. The number of aromatic nitrogens is 3. The molecule has 3 aromatic heterocycles. The van der Waals surface area contributed by atoms with Crippen molar-refractivity contribution in [3.63, 3.8) is 0 Å². The molecule has 0 saturated carbocycles. The first-order chi connectivity index (χ1) is 15.6. The van der Waals surface area contributed by atoms with Gasteiger partial charge in [-0.3, -0.25) is 14.3 Å². The van der Waals surface area contributed by atoms with E-state index in [9.17, 15) is 4.79 Å². The van der Waals surface area contributed by atoms with Gasteiger partial charge in [0, 0.05) is 43.5 Å². The minimum Gasteiger partial charge on any atom is -0.487 e. The summed E-state index contributed by atoms with van der Waals surface area (Å²) in [6.07, 6.45) is 8.78. The highest BCUT2D eigenvalue weighted by Gasteiger charge is 2.39. The molecule has 2 aliphatic rings. The van der Waals surface area contributed by atoms with Gasteiger partial charge in [-0.2, -0.15) is 0 Å². The van der Waals surface area contributed by atoms with Crippen molar-refractivity contribution < 1.29 is 4.74 Å². The Kier molecular flexibility index (Phi) is 5.85. The Labute approximate surface area is 192 Å². The maximum atomic E-state index is 12.6. The molecule has 0 aliphatic carbocycles. The van der Waals surface area contributed by atoms with Crippen LogP contribution in [0.4, 0.5) is 5.82 Å². The zero-order valence-electron chi connectivity index (χ0n) is 17.8. The monoisotopic (exact) mass is 451 g/mol. The molecule has 0 bridgehead atoms. The Balaban J connectivity index is 1.25. The van der Waals surface area contributed by atoms with Crippen molar-refractivity contribution >= 4 is 17.4 Å². The lowest BCUT2D eigenvalue weighted by Crippen LogP contribution is -2.42. The van der Waals surface area contributed by atoms with Crippen LogP contribution in [0.1, 0.15) is 25.0 Å². The third-order valence-electron chi connectivity index (χ3n) is 6.40. The fourth-order valence-corrected chi connectivity index (χ4v) is 4.74. The molecule has 166 valence electrons. The van der Waals surface area contributed by atoms with Gasteiger partial charge in [-0.1, -0.05) is 11.6 Å². The summed E-state index contributed by atoms with van der Waals surface area (Å²) in [7, 11) is 0. The molecule has 5 rings (SSSR count). The predicted molar refractivity (Wildman–Crippen MR) is 125 cm³/mol. The lowest BCUT2D eigenvalue weighted by atomic mass is 9.80. The lowest BCUT2D eigenvalue weighted by Gasteiger charge is -2.33. The smallest absolute Gasteiger partial charge is 0.258 e. The third kappa shape index (κ3) is 4.49. The van der Waals surface area contributed by atoms with Gasteiger partial charge in [-0.05, 0) is 56.1 Å². The van der Waals surface area contributed by atoms with Crippen LogP contribution in [0.3, 0.4) is 0 Å². The van der Waals surface area contributed by atoms with E-state index >= 15 is 0 Å². The molecule has 1 atom stereocenters. The van der Waals surface area contributed by atoms with Crippen LogP contribution < -0.4 is 20.5 Å². The van der Waals surface area contributed by atoms with E-state index in [1.165, 1.54) is 25.3 Å². The summed E-state index contributed by atoms with van der Waals surface area (Å²) in [6, 6.07) is 10.8. The number of pyridine rings is 3. The number of halogens is 1. The van der Waals surface area contributed by atoms with Crippen molar-refractivity contribution in [3.05, 3.63) is 76.1 Å². The van der Waals surface area contributed by atoms with E-state index in [0.717, 1.165) is 43.4 Å². The van der Waals surface area contributed by atoms with Crippen molar-refractivity contribution in [1.29, 1.82) is 0 Å². The number of hydrogen-bond donors (Lipinski definition) is 1. The highest BCUT2D eigenvalue weighted by Crippen LogP contribution is 2.37. The van der Waals surface area contributed by atoms with Crippen LogP contribution in [0.2, 0.25) is 5.02 Å². The second-order valence-corrected chi connectivity index (χ2v) is 9.09. The van der Waals surface area contributed by atoms with Crippen molar-refractivity contribution in [2.45, 2.75) is 25.9 Å². The van der Waals surface area contributed by atoms with Crippen molar-refractivity contribution in [3.8, 4) is 11.4 Å². The summed E-state index contributed by atoms with van der Waals surface area (Å²) >= 11 is 5.85. The summed E-state index contributed by atoms with van der Waals surface area (Å²) < 4.78 is 7.27. The van der Waals surface area contributed by atoms with Crippen LogP contribution in [0, 0.1) is 5.41 Å². The predicted octanol–water partition coefficient (Wildman–Crippen LogP) is 3.44. The number of nitrogens with one attached hydrogen (secondary N) is 1. The molecule has 32 heavy (non-hydrogen) atoms. The Hall–Kier alpha value is -2.90. The SMILES string of the molecule is O=c1cc(OCc2ccc(Cl)cn2)ccn1-c1ccc(N2CCC3(CCCNC3)C2)nc1. The normalized spacial score (nSPS) is 20.6. The number of nitrogens with zero attached hydrogens (tertiary/aromatic N) is 4. The molecule has 2 fully saturated rings. The molecule has 5 heterocycles. The van der Waals surface area contributed by atoms with Gasteiger partial charge >= 0.3 is 0 Å². The fourth-order valence-electron chi connectivity index (χ4n) is 4.63. The van der Waals surface area contributed by atoms with Gasteiger partial charge in [0.25, 0.3) is 5.56 Å². The molecular weight excluding hydrogens is 426 g/mol. The maximum Gasteiger partial charge on any atom is 0.258 e. The lowest BCUT2D eigenvalue weighted by molar-refractivity contribution is 0.239. The minimum absolute atomic E-state index is 0.172. The molecule has 3 aromatic rings. The maximum absolute atomic E-state index is 12.6. The topological polar surface area (TPSA) is 72.3 Å². The average Bonchev–Trinajstić information content (AvgIpc) is 3.22. The number of ether oxygens (including phenoxy) is 1. The first kappa shape index (κ1) is 21.0. The van der Waals surface area contributed by atoms with Crippen molar-refractivity contribution in [1.82, 2.24) is 19.9 Å². The molecule has 8 heteroatoms. The zero-order valence-corrected chi connectivity index (χ0v) is 18.6. The van der Waals surface area contributed by atoms with Crippen LogP contribution in [0.5, 0.6) is 5.75 Å². The Morgan fingerprint density at radius 3 is 2.78 bits per heavy atom. The van der Waals surface area contributed by atoms with Gasteiger partial charge < -0.3 is 15.0 Å². The highest BCUT2D eigenvalue weighted by atomic mass is 35.5. The van der Waals surface area contributed by atoms with E-state index in [0.29, 0.717) is 16.2 Å². The molecule has 0 amide bonds. The summed E-state index contributed by atoms with van der Waals surface area (Å²) in [6.45, 7) is 4.57. The van der Waals surface area contributed by atoms with Gasteiger partial charge in [-0.15, -0.1) is 0 Å². The molecule has 0 aromatic carbocycles. The van der Waals surface area contributed by atoms with E-state index < -0.39 is 0 Å². The molecule has 0 radical (unpaired) electrons. The molecule has 1 spiro atoms. The molecule has 1 unspecified atom stereocenters. The quantitative estimate of drug-likeness (QED) is 0.640. The molecule has 2 saturated heterocycles. The van der Waals surface area contributed by atoms with Crippen LogP contribution >= 0.6 is 11.6 Å². The number of piperidine rings is 1. The van der Waals surface area contributed by atoms with Crippen LogP contribution in [0.15, 0.2) is 59.8 Å². The Bertz CT molecular complexity index is 1120. The van der Waals surface area contributed by atoms with E-state index in [2.05, 4.69) is 20.2 Å². The first-order valence-electron chi connectivity index (χ1n) is 11.0. The van der Waals surface area contributed by atoms with Crippen LogP contribution in [-0.4, -0.2) is 40.7 Å². The zero-order chi connectivity index (χ0) is 22.0. The van der Waals surface area contributed by atoms with Gasteiger partial charge in [0.1, 0.15) is 18.2 Å². The van der Waals surface area contributed by atoms with E-state index in [1.54, 1.807) is 41.4 Å². The molecule has 1 N–H and O–H groups in total. The van der Waals surface area contributed by atoms with E-state index in [4.69, 9.17) is 16.3 Å². The van der Waals surface area contributed by atoms with E-state index in [-0.39, 0.29) is 12.2 Å². The Morgan fingerprint density at radius 1 is 1.12 bits per heavy atom. The van der Waals surface area contributed by atoms with Gasteiger partial charge in [-0.25, -0.2) is 4.98 Å². The van der Waals surface area contributed by atoms with Gasteiger partial charge in [0.2, 0.25) is 0 Å². The average molecular weight is 452 g/mol. The number of anilines is 1. The second-order valence-electron chi connectivity index (χ2n) is 8.65. The van der Waals surface area contributed by atoms with Gasteiger partial charge in [0.15, 0.2) is 0 Å². The second kappa shape index (κ2) is 8.92. The number of hydrogen-bond acceptors (Lipinski definition) is 6. The van der Waals surface area contributed by atoms with Crippen molar-refractivity contribution in [2.75, 3.05) is 31.1 Å². The van der Waals surface area contributed by atoms with Crippen molar-refractivity contribution in [2.24, 2.45) is 5.41 Å². The summed E-state index contributed by atoms with van der Waals surface area (Å²) in [5, 5.41) is 4.12. The standard InChI is InChI=1S/C24H26ClN5O2/c25-18-2-3-19(27-13-18)15-32-21-6-10-30(23(31)12-21)20-4-5-22(28-14-20)29-11-8-24(17-29)7-1-9-26-16-24/h2-6,10,12-14,26H,1,7-9,11,15-17H2. The van der Waals surface area contributed by atoms with Crippen LogP contribution in [0.25, 0.3) is 5.69 Å². The minimum atomic E-state index is -0.172.